The van der Waals surface area contributed by atoms with Crippen LogP contribution in [0.15, 0.2) is 18.2 Å². The summed E-state index contributed by atoms with van der Waals surface area (Å²) in [5.41, 5.74) is -0.339. The lowest BCUT2D eigenvalue weighted by Gasteiger charge is -2.35. The van der Waals surface area contributed by atoms with Crippen LogP contribution < -0.4 is 20.1 Å². The first kappa shape index (κ1) is 20.3. The van der Waals surface area contributed by atoms with E-state index in [2.05, 4.69) is 10.6 Å². The average Bonchev–Trinajstić information content (AvgIpc) is 2.60. The van der Waals surface area contributed by atoms with Crippen molar-refractivity contribution >= 4 is 11.6 Å². The van der Waals surface area contributed by atoms with Gasteiger partial charge in [-0.05, 0) is 38.1 Å². The Kier molecular flexibility index (Phi) is 6.71. The summed E-state index contributed by atoms with van der Waals surface area (Å²) >= 11 is 0. The Bertz CT molecular complexity index is 611. The van der Waals surface area contributed by atoms with Crippen LogP contribution in [0.4, 0.5) is 18.9 Å². The van der Waals surface area contributed by atoms with E-state index >= 15 is 0 Å². The maximum absolute atomic E-state index is 12.8. The number of anilines is 1. The number of methoxy groups -OCH3 is 2. The summed E-state index contributed by atoms with van der Waals surface area (Å²) in [7, 11) is 2.87. The largest absolute Gasteiger partial charge is 0.493 e. The fourth-order valence-electron chi connectivity index (χ4n) is 2.91. The van der Waals surface area contributed by atoms with Gasteiger partial charge in [0.1, 0.15) is 0 Å². The minimum Gasteiger partial charge on any atom is -0.493 e. The van der Waals surface area contributed by atoms with E-state index in [-0.39, 0.29) is 24.0 Å². The number of piperidine rings is 1. The van der Waals surface area contributed by atoms with Crippen LogP contribution in [0, 0.1) is 5.41 Å². The Morgan fingerprint density at radius 3 is 2.50 bits per heavy atom. The summed E-state index contributed by atoms with van der Waals surface area (Å²) in [4.78, 5) is 12.8. The van der Waals surface area contributed by atoms with Crippen molar-refractivity contribution in [3.63, 3.8) is 0 Å². The molecule has 0 radical (unpaired) electrons. The van der Waals surface area contributed by atoms with Crippen LogP contribution >= 0.6 is 0 Å². The normalized spacial score (nSPS) is 16.8. The SMILES string of the molecule is COCC1(C(=O)Nc2ccc(OC)c(OCC(F)(F)F)c2)CCNCC1. The number of halogens is 3. The molecule has 1 fully saturated rings. The van der Waals surface area contributed by atoms with E-state index in [1.807, 2.05) is 0 Å². The summed E-state index contributed by atoms with van der Waals surface area (Å²) in [6.07, 6.45) is -3.25. The first-order chi connectivity index (χ1) is 12.3. The molecule has 9 heteroatoms. The number of alkyl halides is 3. The topological polar surface area (TPSA) is 68.8 Å². The molecule has 0 saturated carbocycles. The lowest BCUT2D eigenvalue weighted by atomic mass is 9.78. The molecule has 0 aromatic heterocycles. The molecule has 1 aromatic carbocycles. The molecule has 1 aliphatic rings. The second-order valence-electron chi connectivity index (χ2n) is 6.19. The van der Waals surface area contributed by atoms with Crippen molar-refractivity contribution in [1.82, 2.24) is 5.32 Å². The van der Waals surface area contributed by atoms with Gasteiger partial charge < -0.3 is 24.8 Å². The Morgan fingerprint density at radius 2 is 1.92 bits per heavy atom. The monoisotopic (exact) mass is 376 g/mol. The van der Waals surface area contributed by atoms with Crippen molar-refractivity contribution < 1.29 is 32.2 Å². The molecule has 26 heavy (non-hydrogen) atoms. The minimum atomic E-state index is -4.47. The van der Waals surface area contributed by atoms with E-state index in [0.717, 1.165) is 0 Å². The van der Waals surface area contributed by atoms with Gasteiger partial charge in [-0.1, -0.05) is 0 Å². The maximum Gasteiger partial charge on any atom is 0.422 e. The standard InChI is InChI=1S/C17H23F3N2O4/c1-24-10-16(5-7-21-8-6-16)15(23)22-12-3-4-13(25-2)14(9-12)26-11-17(18,19)20/h3-4,9,21H,5-8,10-11H2,1-2H3,(H,22,23). The molecule has 6 nitrogen and oxygen atoms in total. The highest BCUT2D eigenvalue weighted by molar-refractivity contribution is 5.95. The third-order valence-electron chi connectivity index (χ3n) is 4.28. The van der Waals surface area contributed by atoms with Crippen LogP contribution in [0.1, 0.15) is 12.8 Å². The molecule has 2 rings (SSSR count). The summed E-state index contributed by atoms with van der Waals surface area (Å²) in [5, 5.41) is 5.96. The number of amides is 1. The Labute approximate surface area is 150 Å². The van der Waals surface area contributed by atoms with E-state index in [0.29, 0.717) is 31.6 Å². The van der Waals surface area contributed by atoms with Gasteiger partial charge >= 0.3 is 6.18 Å². The van der Waals surface area contributed by atoms with Crippen LogP contribution in [0.5, 0.6) is 11.5 Å². The van der Waals surface area contributed by atoms with Crippen LogP contribution in [0.25, 0.3) is 0 Å². The van der Waals surface area contributed by atoms with E-state index in [9.17, 15) is 18.0 Å². The molecule has 1 heterocycles. The quantitative estimate of drug-likeness (QED) is 0.766. The number of hydrogen-bond acceptors (Lipinski definition) is 5. The van der Waals surface area contributed by atoms with Crippen molar-refractivity contribution in [2.75, 3.05) is 45.8 Å². The van der Waals surface area contributed by atoms with Gasteiger partial charge in [0, 0.05) is 18.9 Å². The summed E-state index contributed by atoms with van der Waals surface area (Å²) in [6.45, 7) is 0.215. The molecule has 0 atom stereocenters. The predicted octanol–water partition coefficient (Wildman–Crippen LogP) is 2.59. The third-order valence-corrected chi connectivity index (χ3v) is 4.28. The molecular formula is C17H23F3N2O4. The molecule has 146 valence electrons. The zero-order chi connectivity index (χ0) is 19.2. The molecule has 0 aliphatic carbocycles. The fraction of sp³-hybridized carbons (Fsp3) is 0.588. The first-order valence-corrected chi connectivity index (χ1v) is 8.18. The zero-order valence-electron chi connectivity index (χ0n) is 14.7. The average molecular weight is 376 g/mol. The van der Waals surface area contributed by atoms with Gasteiger partial charge in [0.25, 0.3) is 0 Å². The van der Waals surface area contributed by atoms with E-state index < -0.39 is 18.2 Å². The van der Waals surface area contributed by atoms with Crippen molar-refractivity contribution in [3.05, 3.63) is 18.2 Å². The second kappa shape index (κ2) is 8.59. The molecule has 0 spiro atoms. The Hall–Kier alpha value is -2.00. The number of nitrogens with one attached hydrogen (secondary N) is 2. The lowest BCUT2D eigenvalue weighted by molar-refractivity contribution is -0.153. The van der Waals surface area contributed by atoms with Gasteiger partial charge in [0.2, 0.25) is 5.91 Å². The highest BCUT2D eigenvalue weighted by Gasteiger charge is 2.39. The van der Waals surface area contributed by atoms with Crippen LogP contribution in [0.2, 0.25) is 0 Å². The number of ether oxygens (including phenoxy) is 3. The molecule has 1 saturated heterocycles. The third kappa shape index (κ3) is 5.25. The van der Waals surface area contributed by atoms with E-state index in [1.165, 1.54) is 26.4 Å². The Morgan fingerprint density at radius 1 is 1.23 bits per heavy atom. The maximum atomic E-state index is 12.8. The number of carbonyl (C=O) groups is 1. The predicted molar refractivity (Wildman–Crippen MR) is 89.6 cm³/mol. The molecule has 2 N–H and O–H groups in total. The Balaban J connectivity index is 2.15. The van der Waals surface area contributed by atoms with Gasteiger partial charge in [-0.25, -0.2) is 0 Å². The summed E-state index contributed by atoms with van der Waals surface area (Å²) < 4.78 is 52.3. The van der Waals surface area contributed by atoms with Crippen molar-refractivity contribution in [3.8, 4) is 11.5 Å². The number of hydrogen-bond donors (Lipinski definition) is 2. The van der Waals surface area contributed by atoms with Gasteiger partial charge in [0.15, 0.2) is 18.1 Å². The van der Waals surface area contributed by atoms with Crippen LogP contribution in [0.3, 0.4) is 0 Å². The van der Waals surface area contributed by atoms with Crippen molar-refractivity contribution in [2.45, 2.75) is 19.0 Å². The highest BCUT2D eigenvalue weighted by Crippen LogP contribution is 2.34. The second-order valence-corrected chi connectivity index (χ2v) is 6.19. The van der Waals surface area contributed by atoms with Crippen molar-refractivity contribution in [2.24, 2.45) is 5.41 Å². The number of carbonyl (C=O) groups excluding carboxylic acids is 1. The van der Waals surface area contributed by atoms with Crippen LogP contribution in [-0.4, -0.2) is 52.6 Å². The minimum absolute atomic E-state index is 0.0891. The number of rotatable bonds is 7. The van der Waals surface area contributed by atoms with E-state index in [4.69, 9.17) is 14.2 Å². The van der Waals surface area contributed by atoms with Gasteiger partial charge in [-0.15, -0.1) is 0 Å². The smallest absolute Gasteiger partial charge is 0.422 e. The van der Waals surface area contributed by atoms with Gasteiger partial charge in [0.05, 0.1) is 19.1 Å². The molecule has 1 aliphatic heterocycles. The molecule has 1 aromatic rings. The molecular weight excluding hydrogens is 353 g/mol. The van der Waals surface area contributed by atoms with E-state index in [1.54, 1.807) is 6.07 Å². The zero-order valence-corrected chi connectivity index (χ0v) is 14.7. The first-order valence-electron chi connectivity index (χ1n) is 8.18. The molecule has 1 amide bonds. The lowest BCUT2D eigenvalue weighted by Crippen LogP contribution is -2.47. The summed E-state index contributed by atoms with van der Waals surface area (Å²) in [5.74, 6) is -0.165. The molecule has 0 unspecified atom stereocenters. The molecule has 0 bridgehead atoms. The fourth-order valence-corrected chi connectivity index (χ4v) is 2.91. The van der Waals surface area contributed by atoms with Crippen LogP contribution in [-0.2, 0) is 9.53 Å². The van der Waals surface area contributed by atoms with Crippen molar-refractivity contribution in [1.29, 1.82) is 0 Å². The summed E-state index contributed by atoms with van der Waals surface area (Å²) in [6, 6.07) is 4.33. The van der Waals surface area contributed by atoms with Gasteiger partial charge in [-0.2, -0.15) is 13.2 Å². The number of benzene rings is 1. The highest BCUT2D eigenvalue weighted by atomic mass is 19.4. The van der Waals surface area contributed by atoms with Gasteiger partial charge in [-0.3, -0.25) is 4.79 Å².